The summed E-state index contributed by atoms with van der Waals surface area (Å²) in [4.78, 5) is 0. The van der Waals surface area contributed by atoms with Gasteiger partial charge in [-0.1, -0.05) is 12.1 Å². The second kappa shape index (κ2) is 3.29. The van der Waals surface area contributed by atoms with Gasteiger partial charge in [0, 0.05) is 20.2 Å². The molecule has 0 aliphatic heterocycles. The lowest BCUT2D eigenvalue weighted by Crippen LogP contribution is -1.72. The summed E-state index contributed by atoms with van der Waals surface area (Å²) in [5.41, 5.74) is 0.638. The Labute approximate surface area is 95.4 Å². The topological polar surface area (TPSA) is 23.8 Å². The van der Waals surface area contributed by atoms with Crippen LogP contribution in [0.25, 0.3) is 20.2 Å². The maximum atomic E-state index is 13.1. The summed E-state index contributed by atoms with van der Waals surface area (Å²) < 4.78 is 15.0. The number of halogens is 1. The van der Waals surface area contributed by atoms with E-state index >= 15 is 0 Å². The number of benzene rings is 2. The van der Waals surface area contributed by atoms with Gasteiger partial charge in [0.05, 0.1) is 11.6 Å². The predicted molar refractivity (Wildman–Crippen MR) is 64.0 cm³/mol. The van der Waals surface area contributed by atoms with E-state index in [-0.39, 0.29) is 5.82 Å². The van der Waals surface area contributed by atoms with Crippen LogP contribution in [-0.2, 0) is 0 Å². The van der Waals surface area contributed by atoms with Crippen LogP contribution in [-0.4, -0.2) is 0 Å². The molecule has 0 saturated heterocycles. The van der Waals surface area contributed by atoms with Crippen LogP contribution in [0.15, 0.2) is 36.4 Å². The average Bonchev–Trinajstić information content (AvgIpc) is 2.64. The molecule has 0 aliphatic rings. The first kappa shape index (κ1) is 9.32. The van der Waals surface area contributed by atoms with E-state index in [9.17, 15) is 4.39 Å². The lowest BCUT2D eigenvalue weighted by Gasteiger charge is -1.91. The number of nitriles is 1. The lowest BCUT2D eigenvalue weighted by molar-refractivity contribution is 0.630. The van der Waals surface area contributed by atoms with E-state index in [1.807, 2.05) is 12.1 Å². The third kappa shape index (κ3) is 1.28. The highest BCUT2D eigenvalue weighted by Crippen LogP contribution is 2.34. The molecule has 0 spiro atoms. The van der Waals surface area contributed by atoms with Gasteiger partial charge in [0.2, 0.25) is 0 Å². The average molecular weight is 227 g/mol. The Kier molecular flexibility index (Phi) is 1.92. The Morgan fingerprint density at radius 3 is 2.44 bits per heavy atom. The molecule has 0 fully saturated rings. The highest BCUT2D eigenvalue weighted by atomic mass is 32.1. The van der Waals surface area contributed by atoms with Crippen molar-refractivity contribution < 1.29 is 4.39 Å². The molecule has 1 aromatic heterocycles. The fourth-order valence-corrected chi connectivity index (χ4v) is 2.99. The zero-order valence-corrected chi connectivity index (χ0v) is 9.01. The number of nitrogens with zero attached hydrogens (tertiary/aromatic N) is 1. The van der Waals surface area contributed by atoms with Crippen LogP contribution < -0.4 is 0 Å². The van der Waals surface area contributed by atoms with Gasteiger partial charge < -0.3 is 0 Å². The first-order valence-corrected chi connectivity index (χ1v) is 5.61. The van der Waals surface area contributed by atoms with Crippen molar-refractivity contribution in [3.8, 4) is 6.07 Å². The second-order valence-corrected chi connectivity index (χ2v) is 4.65. The van der Waals surface area contributed by atoms with E-state index in [0.29, 0.717) is 5.56 Å². The summed E-state index contributed by atoms with van der Waals surface area (Å²) in [5.74, 6) is -0.223. The Hall–Kier alpha value is -1.92. The van der Waals surface area contributed by atoms with E-state index in [1.54, 1.807) is 12.1 Å². The molecule has 76 valence electrons. The van der Waals surface area contributed by atoms with Crippen LogP contribution in [0.1, 0.15) is 5.56 Å². The number of hydrogen-bond acceptors (Lipinski definition) is 2. The predicted octanol–water partition coefficient (Wildman–Crippen LogP) is 4.07. The Morgan fingerprint density at radius 1 is 1.00 bits per heavy atom. The van der Waals surface area contributed by atoms with Crippen molar-refractivity contribution in [2.45, 2.75) is 0 Å². The van der Waals surface area contributed by atoms with Crippen molar-refractivity contribution in [1.82, 2.24) is 0 Å². The Balaban J connectivity index is 2.46. The van der Waals surface area contributed by atoms with Gasteiger partial charge in [0.1, 0.15) is 5.82 Å². The molecule has 3 rings (SSSR count). The van der Waals surface area contributed by atoms with Crippen LogP contribution in [0.4, 0.5) is 4.39 Å². The molecule has 0 atom stereocenters. The lowest BCUT2D eigenvalue weighted by atomic mass is 10.1. The molecule has 3 heteroatoms. The molecule has 2 aromatic carbocycles. The third-order valence-electron chi connectivity index (χ3n) is 2.56. The summed E-state index contributed by atoms with van der Waals surface area (Å²) >= 11 is 1.51. The molecular formula is C13H6FNS. The molecule has 0 saturated carbocycles. The highest BCUT2D eigenvalue weighted by molar-refractivity contribution is 7.25. The highest BCUT2D eigenvalue weighted by Gasteiger charge is 2.06. The Morgan fingerprint density at radius 2 is 1.69 bits per heavy atom. The largest absolute Gasteiger partial charge is 0.207 e. The van der Waals surface area contributed by atoms with Crippen molar-refractivity contribution in [2.24, 2.45) is 0 Å². The van der Waals surface area contributed by atoms with Crippen LogP contribution in [0.2, 0.25) is 0 Å². The third-order valence-corrected chi connectivity index (χ3v) is 3.68. The SMILES string of the molecule is N#Cc1ccc2c(c1)sc1cc(F)ccc12. The first-order chi connectivity index (χ1) is 7.78. The zero-order valence-electron chi connectivity index (χ0n) is 8.20. The Bertz CT molecular complexity index is 737. The number of thiophene rings is 1. The zero-order chi connectivity index (χ0) is 11.1. The van der Waals surface area contributed by atoms with Crippen LogP contribution in [0.3, 0.4) is 0 Å². The van der Waals surface area contributed by atoms with Crippen molar-refractivity contribution in [3.05, 3.63) is 47.8 Å². The van der Waals surface area contributed by atoms with Crippen molar-refractivity contribution in [2.75, 3.05) is 0 Å². The minimum Gasteiger partial charge on any atom is -0.207 e. The normalized spacial score (nSPS) is 10.8. The van der Waals surface area contributed by atoms with Gasteiger partial charge in [-0.05, 0) is 24.3 Å². The molecule has 1 nitrogen and oxygen atoms in total. The fraction of sp³-hybridized carbons (Fsp3) is 0. The summed E-state index contributed by atoms with van der Waals surface area (Å²) in [5, 5.41) is 10.9. The van der Waals surface area contributed by atoms with Crippen molar-refractivity contribution in [1.29, 1.82) is 5.26 Å². The van der Waals surface area contributed by atoms with Gasteiger partial charge >= 0.3 is 0 Å². The van der Waals surface area contributed by atoms with Crippen LogP contribution in [0, 0.1) is 17.1 Å². The molecule has 0 bridgehead atoms. The first-order valence-electron chi connectivity index (χ1n) is 4.80. The maximum absolute atomic E-state index is 13.1. The quantitative estimate of drug-likeness (QED) is 0.568. The fourth-order valence-electron chi connectivity index (χ4n) is 1.82. The molecule has 0 unspecified atom stereocenters. The van der Waals surface area contributed by atoms with Gasteiger partial charge in [0.15, 0.2) is 0 Å². The smallest absolute Gasteiger partial charge is 0.124 e. The van der Waals surface area contributed by atoms with E-state index in [4.69, 9.17) is 5.26 Å². The van der Waals surface area contributed by atoms with Crippen LogP contribution in [0.5, 0.6) is 0 Å². The number of hydrogen-bond donors (Lipinski definition) is 0. The van der Waals surface area contributed by atoms with E-state index in [1.165, 1.54) is 23.5 Å². The van der Waals surface area contributed by atoms with E-state index < -0.39 is 0 Å². The van der Waals surface area contributed by atoms with E-state index in [2.05, 4.69) is 6.07 Å². The summed E-state index contributed by atoms with van der Waals surface area (Å²) in [6.45, 7) is 0. The molecular weight excluding hydrogens is 221 g/mol. The molecule has 3 aromatic rings. The standard InChI is InChI=1S/C13H6FNS/c14-9-2-4-11-10-3-1-8(7-15)5-12(10)16-13(11)6-9/h1-6H. The van der Waals surface area contributed by atoms with Crippen molar-refractivity contribution in [3.63, 3.8) is 0 Å². The minimum atomic E-state index is -0.223. The monoisotopic (exact) mass is 227 g/mol. The van der Waals surface area contributed by atoms with Gasteiger partial charge in [-0.3, -0.25) is 0 Å². The summed E-state index contributed by atoms with van der Waals surface area (Å²) in [6, 6.07) is 12.4. The van der Waals surface area contributed by atoms with Gasteiger partial charge in [-0.2, -0.15) is 5.26 Å². The van der Waals surface area contributed by atoms with Crippen molar-refractivity contribution >= 4 is 31.5 Å². The summed E-state index contributed by atoms with van der Waals surface area (Å²) in [7, 11) is 0. The number of rotatable bonds is 0. The molecule has 1 heterocycles. The molecule has 0 aliphatic carbocycles. The molecule has 0 amide bonds. The van der Waals surface area contributed by atoms with Gasteiger partial charge in [-0.25, -0.2) is 4.39 Å². The molecule has 0 N–H and O–H groups in total. The van der Waals surface area contributed by atoms with Crippen LogP contribution >= 0.6 is 11.3 Å². The maximum Gasteiger partial charge on any atom is 0.124 e. The number of fused-ring (bicyclic) bond motifs is 3. The van der Waals surface area contributed by atoms with E-state index in [0.717, 1.165) is 20.2 Å². The second-order valence-electron chi connectivity index (χ2n) is 3.57. The minimum absolute atomic E-state index is 0.223. The molecule has 16 heavy (non-hydrogen) atoms. The molecule has 0 radical (unpaired) electrons. The van der Waals surface area contributed by atoms with Gasteiger partial charge in [-0.15, -0.1) is 11.3 Å². The van der Waals surface area contributed by atoms with Gasteiger partial charge in [0.25, 0.3) is 0 Å². The summed E-state index contributed by atoms with van der Waals surface area (Å²) in [6.07, 6.45) is 0.